The summed E-state index contributed by atoms with van der Waals surface area (Å²) in [5.74, 6) is -5.55. The average molecular weight is 493 g/mol. The van der Waals surface area contributed by atoms with Gasteiger partial charge in [-0.25, -0.2) is 0 Å². The van der Waals surface area contributed by atoms with E-state index in [-0.39, 0.29) is 38.6 Å². The lowest BCUT2D eigenvalue weighted by Crippen LogP contribution is -2.55. The van der Waals surface area contributed by atoms with Gasteiger partial charge in [0.25, 0.3) is 0 Å². The maximum atomic E-state index is 12.0. The second-order valence-electron chi connectivity index (χ2n) is 7.25. The van der Waals surface area contributed by atoms with Crippen LogP contribution in [0.3, 0.4) is 0 Å². The maximum Gasteiger partial charge on any atom is 0.308 e. The normalized spacial score (nSPS) is 15.2. The zero-order valence-electron chi connectivity index (χ0n) is 18.5. The van der Waals surface area contributed by atoms with Crippen LogP contribution < -0.4 is 16.0 Å². The molecule has 0 radical (unpaired) electrons. The Morgan fingerprint density at radius 1 is 1.00 bits per heavy atom. The maximum absolute atomic E-state index is 12.0. The van der Waals surface area contributed by atoms with E-state index >= 15 is 0 Å². The number of hydrogen-bond donors (Lipinski definition) is 8. The van der Waals surface area contributed by atoms with Crippen molar-refractivity contribution in [3.63, 3.8) is 0 Å². The Morgan fingerprint density at radius 3 is 2.15 bits per heavy atom. The quantitative estimate of drug-likeness (QED) is 0.0850. The molecule has 0 aliphatic carbocycles. The second-order valence-corrected chi connectivity index (χ2v) is 7.25. The molecular formula is C19H31N3O12. The molecule has 194 valence electrons. The van der Waals surface area contributed by atoms with E-state index in [1.165, 1.54) is 0 Å². The first-order valence-electron chi connectivity index (χ1n) is 10.2. The molecule has 0 aliphatic heterocycles. The van der Waals surface area contributed by atoms with Crippen LogP contribution >= 0.6 is 0 Å². The zero-order valence-corrected chi connectivity index (χ0v) is 18.5. The molecule has 0 aliphatic rings. The lowest BCUT2D eigenvalue weighted by atomic mass is 10.0. The molecule has 0 spiro atoms. The van der Waals surface area contributed by atoms with Gasteiger partial charge < -0.3 is 51.0 Å². The van der Waals surface area contributed by atoms with E-state index in [0.29, 0.717) is 0 Å². The van der Waals surface area contributed by atoms with E-state index in [9.17, 15) is 39.0 Å². The number of aliphatic hydroxyl groups is 3. The molecule has 8 N–H and O–H groups in total. The Kier molecular flexibility index (Phi) is 14.9. The van der Waals surface area contributed by atoms with Crippen molar-refractivity contribution in [3.8, 4) is 0 Å². The molecule has 15 nitrogen and oxygen atoms in total. The fourth-order valence-electron chi connectivity index (χ4n) is 2.64. The van der Waals surface area contributed by atoms with E-state index in [4.69, 9.17) is 20.1 Å². The SMILES string of the molecule is CC(=O)N[C@@H](C=O)[C@@H](OCC(=O)NCCC(=O)NCC(CCC(=O)O)C(=O)O)[C@H](O)[C@H](O)CO. The number of carbonyl (C=O) groups excluding carboxylic acids is 4. The first-order chi connectivity index (χ1) is 15.9. The summed E-state index contributed by atoms with van der Waals surface area (Å²) < 4.78 is 5.16. The van der Waals surface area contributed by atoms with Gasteiger partial charge >= 0.3 is 11.9 Å². The highest BCUT2D eigenvalue weighted by Gasteiger charge is 2.34. The van der Waals surface area contributed by atoms with Gasteiger partial charge in [-0.1, -0.05) is 0 Å². The minimum atomic E-state index is -1.83. The Labute approximate surface area is 194 Å². The highest BCUT2D eigenvalue weighted by atomic mass is 16.5. The molecule has 15 heteroatoms. The van der Waals surface area contributed by atoms with Crippen molar-refractivity contribution in [1.82, 2.24) is 16.0 Å². The fraction of sp³-hybridized carbons (Fsp3) is 0.684. The van der Waals surface area contributed by atoms with Crippen LogP contribution in [0.25, 0.3) is 0 Å². The molecule has 34 heavy (non-hydrogen) atoms. The number of aldehydes is 1. The summed E-state index contributed by atoms with van der Waals surface area (Å²) >= 11 is 0. The lowest BCUT2D eigenvalue weighted by molar-refractivity contribution is -0.145. The van der Waals surface area contributed by atoms with Gasteiger partial charge in [0.2, 0.25) is 17.7 Å². The molecule has 0 aromatic rings. The van der Waals surface area contributed by atoms with Crippen molar-refractivity contribution in [2.24, 2.45) is 5.92 Å². The highest BCUT2D eigenvalue weighted by molar-refractivity contribution is 5.80. The highest BCUT2D eigenvalue weighted by Crippen LogP contribution is 2.09. The molecule has 0 saturated heterocycles. The van der Waals surface area contributed by atoms with Crippen molar-refractivity contribution in [1.29, 1.82) is 0 Å². The fourth-order valence-corrected chi connectivity index (χ4v) is 2.64. The van der Waals surface area contributed by atoms with E-state index in [2.05, 4.69) is 16.0 Å². The predicted octanol–water partition coefficient (Wildman–Crippen LogP) is -4.02. The van der Waals surface area contributed by atoms with E-state index < -0.39 is 73.1 Å². The molecular weight excluding hydrogens is 462 g/mol. The molecule has 5 atom stereocenters. The minimum Gasteiger partial charge on any atom is -0.481 e. The van der Waals surface area contributed by atoms with Crippen LogP contribution in [0.15, 0.2) is 0 Å². The van der Waals surface area contributed by atoms with Crippen LogP contribution in [-0.4, -0.2) is 112 Å². The Morgan fingerprint density at radius 2 is 1.65 bits per heavy atom. The van der Waals surface area contributed by atoms with Crippen molar-refractivity contribution < 1.29 is 59.0 Å². The number of amides is 3. The molecule has 0 heterocycles. The van der Waals surface area contributed by atoms with Gasteiger partial charge in [-0.3, -0.25) is 24.0 Å². The molecule has 0 saturated carbocycles. The third kappa shape index (κ3) is 12.8. The Hall–Kier alpha value is -3.14. The molecule has 3 amide bonds. The van der Waals surface area contributed by atoms with Gasteiger partial charge in [0, 0.05) is 32.9 Å². The summed E-state index contributed by atoms with van der Waals surface area (Å²) in [7, 11) is 0. The number of nitrogens with one attached hydrogen (secondary N) is 3. The van der Waals surface area contributed by atoms with Crippen LogP contribution in [0.5, 0.6) is 0 Å². The molecule has 1 unspecified atom stereocenters. The van der Waals surface area contributed by atoms with Gasteiger partial charge in [0.05, 0.1) is 12.5 Å². The largest absolute Gasteiger partial charge is 0.481 e. The number of carboxylic acid groups (broad SMARTS) is 2. The van der Waals surface area contributed by atoms with Crippen LogP contribution in [0.1, 0.15) is 26.2 Å². The van der Waals surface area contributed by atoms with Crippen LogP contribution in [0.2, 0.25) is 0 Å². The second kappa shape index (κ2) is 16.5. The van der Waals surface area contributed by atoms with Crippen molar-refractivity contribution in [2.75, 3.05) is 26.3 Å². The van der Waals surface area contributed by atoms with Crippen LogP contribution in [0.4, 0.5) is 0 Å². The van der Waals surface area contributed by atoms with Crippen molar-refractivity contribution in [3.05, 3.63) is 0 Å². The van der Waals surface area contributed by atoms with Gasteiger partial charge in [-0.15, -0.1) is 0 Å². The lowest BCUT2D eigenvalue weighted by Gasteiger charge is -2.30. The van der Waals surface area contributed by atoms with Gasteiger partial charge in [-0.2, -0.15) is 0 Å². The third-order valence-electron chi connectivity index (χ3n) is 4.47. The summed E-state index contributed by atoms with van der Waals surface area (Å²) in [6.45, 7) is -1.00. The molecule has 0 aromatic carbocycles. The standard InChI is InChI=1S/C19H31N3O12/c1-10(25)22-12(7-23)18(17(31)13(26)8-24)34-9-15(28)20-5-4-14(27)21-6-11(19(32)33)2-3-16(29)30/h7,11-13,17-18,24,26,31H,2-6,8-9H2,1H3,(H,20,28)(H,21,27)(H,22,25)(H,29,30)(H,32,33)/t11?,12-,13+,17+,18+/m0/s1. The summed E-state index contributed by atoms with van der Waals surface area (Å²) in [6, 6.07) is -1.43. The molecule has 0 bridgehead atoms. The van der Waals surface area contributed by atoms with Gasteiger partial charge in [0.15, 0.2) is 0 Å². The molecule has 0 fully saturated rings. The number of aliphatic hydroxyl groups excluding tert-OH is 3. The molecule has 0 aromatic heterocycles. The number of carbonyl (C=O) groups is 6. The number of carboxylic acids is 2. The summed E-state index contributed by atoms with van der Waals surface area (Å²) in [5.41, 5.74) is 0. The third-order valence-corrected chi connectivity index (χ3v) is 4.47. The van der Waals surface area contributed by atoms with Crippen molar-refractivity contribution in [2.45, 2.75) is 50.5 Å². The summed E-state index contributed by atoms with van der Waals surface area (Å²) in [5, 5.41) is 53.1. The van der Waals surface area contributed by atoms with E-state index in [0.717, 1.165) is 6.92 Å². The molecule has 0 rings (SSSR count). The number of aliphatic carboxylic acids is 2. The minimum absolute atomic E-state index is 0.169. The Balaban J connectivity index is 4.63. The smallest absolute Gasteiger partial charge is 0.308 e. The van der Waals surface area contributed by atoms with Gasteiger partial charge in [0.1, 0.15) is 37.2 Å². The first kappa shape index (κ1) is 30.9. The number of ether oxygens (including phenoxy) is 1. The van der Waals surface area contributed by atoms with Crippen molar-refractivity contribution >= 4 is 35.9 Å². The number of rotatable bonds is 18. The van der Waals surface area contributed by atoms with Crippen LogP contribution in [-0.2, 0) is 33.5 Å². The first-order valence-corrected chi connectivity index (χ1v) is 10.2. The summed E-state index contributed by atoms with van der Waals surface area (Å²) in [4.78, 5) is 67.9. The average Bonchev–Trinajstić information content (AvgIpc) is 2.76. The van der Waals surface area contributed by atoms with E-state index in [1.54, 1.807) is 0 Å². The predicted molar refractivity (Wildman–Crippen MR) is 111 cm³/mol. The monoisotopic (exact) mass is 493 g/mol. The topological polar surface area (TPSA) is 249 Å². The summed E-state index contributed by atoms with van der Waals surface area (Å²) in [6.07, 6.45) is -5.68. The Bertz CT molecular complexity index is 717. The number of hydrogen-bond acceptors (Lipinski definition) is 10. The van der Waals surface area contributed by atoms with E-state index in [1.807, 2.05) is 0 Å². The zero-order chi connectivity index (χ0) is 26.3. The van der Waals surface area contributed by atoms with Crippen LogP contribution in [0, 0.1) is 5.92 Å². The van der Waals surface area contributed by atoms with Gasteiger partial charge in [-0.05, 0) is 6.42 Å².